The third kappa shape index (κ3) is 1.86. The van der Waals surface area contributed by atoms with Crippen molar-refractivity contribution in [2.75, 3.05) is 23.7 Å². The minimum atomic E-state index is 0.669. The largest absolute Gasteiger partial charge is 0.370 e. The van der Waals surface area contributed by atoms with Gasteiger partial charge in [0.15, 0.2) is 5.65 Å². The van der Waals surface area contributed by atoms with E-state index in [9.17, 15) is 0 Å². The van der Waals surface area contributed by atoms with E-state index in [0.29, 0.717) is 5.95 Å². The molecule has 0 aliphatic rings. The third-order valence-corrected chi connectivity index (χ3v) is 2.05. The molecule has 0 amide bonds. The van der Waals surface area contributed by atoms with E-state index in [1.54, 1.807) is 0 Å². The van der Waals surface area contributed by atoms with Crippen LogP contribution in [0.4, 0.5) is 11.8 Å². The Balaban J connectivity index is 2.44. The van der Waals surface area contributed by atoms with Gasteiger partial charge in [-0.15, -0.1) is 5.10 Å². The molecule has 0 saturated heterocycles. The summed E-state index contributed by atoms with van der Waals surface area (Å²) in [5, 5.41) is 10.7. The highest BCUT2D eigenvalue weighted by Gasteiger charge is 2.04. The fourth-order valence-electron chi connectivity index (χ4n) is 1.45. The molecule has 5 nitrogen and oxygen atoms in total. The van der Waals surface area contributed by atoms with Crippen molar-refractivity contribution in [1.82, 2.24) is 14.6 Å². The average Bonchev–Trinajstić information content (AvgIpc) is 2.62. The maximum atomic E-state index is 4.35. The number of hydrogen-bond acceptors (Lipinski definition) is 4. The molecule has 15 heavy (non-hydrogen) atoms. The van der Waals surface area contributed by atoms with Crippen LogP contribution in [0, 0.1) is 0 Å². The Hall–Kier alpha value is -1.78. The fraction of sp³-hybridized carbons (Fsp3) is 0.400. The molecule has 0 spiro atoms. The summed E-state index contributed by atoms with van der Waals surface area (Å²) in [6.45, 7) is 5.78. The van der Waals surface area contributed by atoms with Gasteiger partial charge in [0.25, 0.3) is 0 Å². The molecule has 0 atom stereocenters. The first-order chi connectivity index (χ1) is 7.35. The number of nitrogens with zero attached hydrogens (tertiary/aromatic N) is 3. The van der Waals surface area contributed by atoms with Crippen LogP contribution in [0.25, 0.3) is 5.65 Å². The Labute approximate surface area is 88.5 Å². The van der Waals surface area contributed by atoms with Crippen molar-refractivity contribution >= 4 is 17.4 Å². The zero-order valence-electron chi connectivity index (χ0n) is 8.99. The van der Waals surface area contributed by atoms with E-state index in [0.717, 1.165) is 24.6 Å². The number of rotatable bonds is 4. The van der Waals surface area contributed by atoms with Crippen LogP contribution < -0.4 is 10.6 Å². The molecule has 0 bridgehead atoms. The predicted molar refractivity (Wildman–Crippen MR) is 61.3 cm³/mol. The monoisotopic (exact) mass is 205 g/mol. The summed E-state index contributed by atoms with van der Waals surface area (Å²) in [5.74, 6) is 1.63. The van der Waals surface area contributed by atoms with Crippen LogP contribution in [-0.4, -0.2) is 27.7 Å². The molecular formula is C10H15N5. The second-order valence-corrected chi connectivity index (χ2v) is 3.18. The highest BCUT2D eigenvalue weighted by atomic mass is 15.4. The molecule has 2 rings (SSSR count). The maximum Gasteiger partial charge on any atom is 0.243 e. The molecule has 0 radical (unpaired) electrons. The van der Waals surface area contributed by atoms with Gasteiger partial charge in [-0.1, -0.05) is 6.07 Å². The zero-order chi connectivity index (χ0) is 10.7. The first kappa shape index (κ1) is 9.76. The second-order valence-electron chi connectivity index (χ2n) is 3.18. The topological polar surface area (TPSA) is 54.2 Å². The lowest BCUT2D eigenvalue weighted by atomic mass is 10.4. The van der Waals surface area contributed by atoms with Crippen molar-refractivity contribution in [2.24, 2.45) is 0 Å². The lowest BCUT2D eigenvalue weighted by Gasteiger charge is -2.03. The minimum absolute atomic E-state index is 0.669. The van der Waals surface area contributed by atoms with E-state index < -0.39 is 0 Å². The van der Waals surface area contributed by atoms with Crippen molar-refractivity contribution < 1.29 is 0 Å². The van der Waals surface area contributed by atoms with Crippen LogP contribution >= 0.6 is 0 Å². The molecule has 0 fully saturated rings. The van der Waals surface area contributed by atoms with E-state index >= 15 is 0 Å². The van der Waals surface area contributed by atoms with Crippen molar-refractivity contribution in [3.05, 3.63) is 18.2 Å². The maximum absolute atomic E-state index is 4.35. The van der Waals surface area contributed by atoms with Crippen molar-refractivity contribution in [2.45, 2.75) is 13.8 Å². The Morgan fingerprint density at radius 1 is 1.20 bits per heavy atom. The molecule has 2 aromatic rings. The smallest absolute Gasteiger partial charge is 0.243 e. The van der Waals surface area contributed by atoms with Gasteiger partial charge in [-0.2, -0.15) is 9.50 Å². The zero-order valence-corrected chi connectivity index (χ0v) is 8.99. The quantitative estimate of drug-likeness (QED) is 0.796. The van der Waals surface area contributed by atoms with Crippen LogP contribution in [0.1, 0.15) is 13.8 Å². The molecule has 2 heterocycles. The lowest BCUT2D eigenvalue weighted by Crippen LogP contribution is -2.04. The van der Waals surface area contributed by atoms with Gasteiger partial charge in [0, 0.05) is 13.1 Å². The summed E-state index contributed by atoms with van der Waals surface area (Å²) in [6, 6.07) is 5.90. The minimum Gasteiger partial charge on any atom is -0.370 e. The van der Waals surface area contributed by atoms with Gasteiger partial charge >= 0.3 is 0 Å². The van der Waals surface area contributed by atoms with Crippen molar-refractivity contribution in [1.29, 1.82) is 0 Å². The summed E-state index contributed by atoms with van der Waals surface area (Å²) in [5.41, 5.74) is 0.851. The van der Waals surface area contributed by atoms with Gasteiger partial charge in [-0.05, 0) is 26.0 Å². The summed E-state index contributed by atoms with van der Waals surface area (Å²) in [4.78, 5) is 4.35. The highest BCUT2D eigenvalue weighted by molar-refractivity contribution is 5.51. The van der Waals surface area contributed by atoms with Gasteiger partial charge in [-0.25, -0.2) is 0 Å². The number of aromatic nitrogens is 3. The molecule has 5 heteroatoms. The Bertz CT molecular complexity index is 448. The molecule has 2 N–H and O–H groups in total. The number of nitrogens with one attached hydrogen (secondary N) is 2. The molecule has 0 aliphatic heterocycles. The van der Waals surface area contributed by atoms with Crippen LogP contribution in [0.3, 0.4) is 0 Å². The molecule has 2 aromatic heterocycles. The van der Waals surface area contributed by atoms with Gasteiger partial charge < -0.3 is 10.6 Å². The van der Waals surface area contributed by atoms with Gasteiger partial charge in [-0.3, -0.25) is 0 Å². The number of pyridine rings is 1. The van der Waals surface area contributed by atoms with E-state index in [1.807, 2.05) is 29.6 Å². The summed E-state index contributed by atoms with van der Waals surface area (Å²) in [6.07, 6.45) is 0. The van der Waals surface area contributed by atoms with Gasteiger partial charge in [0.1, 0.15) is 5.82 Å². The lowest BCUT2D eigenvalue weighted by molar-refractivity contribution is 0.946. The van der Waals surface area contributed by atoms with Gasteiger partial charge in [0.2, 0.25) is 5.95 Å². The Morgan fingerprint density at radius 2 is 2.00 bits per heavy atom. The summed E-state index contributed by atoms with van der Waals surface area (Å²) >= 11 is 0. The molecule has 0 saturated carbocycles. The van der Waals surface area contributed by atoms with Crippen LogP contribution in [0.5, 0.6) is 0 Å². The summed E-state index contributed by atoms with van der Waals surface area (Å²) in [7, 11) is 0. The summed E-state index contributed by atoms with van der Waals surface area (Å²) < 4.78 is 1.81. The number of anilines is 2. The molecule has 0 aromatic carbocycles. The number of hydrogen-bond donors (Lipinski definition) is 2. The Morgan fingerprint density at radius 3 is 2.73 bits per heavy atom. The van der Waals surface area contributed by atoms with Crippen LogP contribution in [0.15, 0.2) is 18.2 Å². The third-order valence-electron chi connectivity index (χ3n) is 2.05. The molecule has 0 aliphatic carbocycles. The normalized spacial score (nSPS) is 10.5. The highest BCUT2D eigenvalue weighted by Crippen LogP contribution is 2.12. The molecule has 80 valence electrons. The predicted octanol–water partition coefficient (Wildman–Crippen LogP) is 1.59. The molecule has 0 unspecified atom stereocenters. The van der Waals surface area contributed by atoms with Crippen LogP contribution in [-0.2, 0) is 0 Å². The molecular weight excluding hydrogens is 190 g/mol. The fourth-order valence-corrected chi connectivity index (χ4v) is 1.45. The number of fused-ring (bicyclic) bond motifs is 1. The van der Waals surface area contributed by atoms with Crippen molar-refractivity contribution in [3.63, 3.8) is 0 Å². The Kier molecular flexibility index (Phi) is 2.71. The van der Waals surface area contributed by atoms with E-state index in [1.165, 1.54) is 0 Å². The van der Waals surface area contributed by atoms with Gasteiger partial charge in [0.05, 0.1) is 0 Å². The second kappa shape index (κ2) is 4.16. The van der Waals surface area contributed by atoms with Crippen molar-refractivity contribution in [3.8, 4) is 0 Å². The first-order valence-corrected chi connectivity index (χ1v) is 5.18. The van der Waals surface area contributed by atoms with E-state index in [2.05, 4.69) is 27.6 Å². The standard InChI is InChI=1S/C10H15N5/c1-3-11-8-6-5-7-9-13-10(12-4-2)14-15(8)9/h5-7,11H,3-4H2,1-2H3,(H,12,14). The average molecular weight is 205 g/mol. The SMILES string of the molecule is CCNc1nc2cccc(NCC)n2n1. The first-order valence-electron chi connectivity index (χ1n) is 5.18. The van der Waals surface area contributed by atoms with Crippen LogP contribution in [0.2, 0.25) is 0 Å². The van der Waals surface area contributed by atoms with E-state index in [-0.39, 0.29) is 0 Å². The van der Waals surface area contributed by atoms with E-state index in [4.69, 9.17) is 0 Å².